The summed E-state index contributed by atoms with van der Waals surface area (Å²) in [5, 5.41) is 9.76. The molecule has 0 bridgehead atoms. The van der Waals surface area contributed by atoms with E-state index in [1.54, 1.807) is 26.8 Å². The van der Waals surface area contributed by atoms with Gasteiger partial charge < -0.3 is 24.8 Å². The zero-order valence-corrected chi connectivity index (χ0v) is 25.4. The van der Waals surface area contributed by atoms with Crippen molar-refractivity contribution in [3.05, 3.63) is 76.0 Å². The summed E-state index contributed by atoms with van der Waals surface area (Å²) in [6.45, 7) is 10.5. The number of anilines is 2. The lowest BCUT2D eigenvalue weighted by Crippen LogP contribution is -2.40. The molecule has 1 atom stereocenters. The Morgan fingerprint density at radius 1 is 1.05 bits per heavy atom. The Morgan fingerprint density at radius 3 is 2.41 bits per heavy atom. The van der Waals surface area contributed by atoms with Gasteiger partial charge in [0.2, 0.25) is 0 Å². The van der Waals surface area contributed by atoms with Crippen LogP contribution < -0.4 is 21.1 Å². The van der Waals surface area contributed by atoms with Crippen LogP contribution in [0.1, 0.15) is 63.3 Å². The molecule has 232 valence electrons. The Hall–Kier alpha value is -4.81. The third-order valence-corrected chi connectivity index (χ3v) is 7.23. The van der Waals surface area contributed by atoms with E-state index in [0.29, 0.717) is 41.1 Å². The Labute approximate surface area is 252 Å². The number of fused-ring (bicyclic) bond motifs is 1. The zero-order valence-electron chi connectivity index (χ0n) is 25.4. The van der Waals surface area contributed by atoms with Crippen molar-refractivity contribution in [2.75, 3.05) is 23.3 Å². The van der Waals surface area contributed by atoms with Gasteiger partial charge in [0.25, 0.3) is 11.5 Å². The number of nitrogens with one attached hydrogen (secondary N) is 2. The van der Waals surface area contributed by atoms with Gasteiger partial charge in [0.05, 0.1) is 22.9 Å². The van der Waals surface area contributed by atoms with Crippen LogP contribution in [0.3, 0.4) is 0 Å². The van der Waals surface area contributed by atoms with E-state index in [1.165, 1.54) is 12.1 Å². The average Bonchev–Trinajstić information content (AvgIpc) is 3.52. The quantitative estimate of drug-likeness (QED) is 0.320. The van der Waals surface area contributed by atoms with Gasteiger partial charge in [-0.05, 0) is 57.5 Å². The van der Waals surface area contributed by atoms with Crippen LogP contribution in [-0.2, 0) is 11.8 Å². The average molecular weight is 608 g/mol. The van der Waals surface area contributed by atoms with Crippen molar-refractivity contribution >= 4 is 34.4 Å². The Kier molecular flexibility index (Phi) is 8.15. The number of amides is 2. The number of rotatable bonds is 6. The molecule has 1 aliphatic heterocycles. The minimum Gasteiger partial charge on any atom is -0.444 e. The topological polar surface area (TPSA) is 123 Å². The lowest BCUT2D eigenvalue weighted by Gasteiger charge is -2.24. The predicted octanol–water partition coefficient (Wildman–Crippen LogP) is 4.88. The maximum absolute atomic E-state index is 14.5. The van der Waals surface area contributed by atoms with Crippen LogP contribution in [0.15, 0.2) is 47.3 Å². The first-order chi connectivity index (χ1) is 20.7. The summed E-state index contributed by atoms with van der Waals surface area (Å²) in [6, 6.07) is 8.78. The minimum absolute atomic E-state index is 0.127. The summed E-state index contributed by atoms with van der Waals surface area (Å²) >= 11 is 0. The van der Waals surface area contributed by atoms with Crippen molar-refractivity contribution in [2.45, 2.75) is 58.6 Å². The first-order valence-electron chi connectivity index (χ1n) is 14.3. The third kappa shape index (κ3) is 6.12. The van der Waals surface area contributed by atoms with E-state index in [9.17, 15) is 23.2 Å². The number of benzene rings is 2. The number of carbonyl (C=O) groups is 2. The fourth-order valence-corrected chi connectivity index (χ4v) is 5.33. The number of para-hydroxylation sites is 1. The number of hydrogen-bond acceptors (Lipinski definition) is 7. The molecule has 0 radical (unpaired) electrons. The molecular formula is C31H35F2N7O4. The third-order valence-electron chi connectivity index (χ3n) is 7.23. The molecule has 44 heavy (non-hydrogen) atoms. The number of carbonyl (C=O) groups excluding carboxylic acids is 2. The van der Waals surface area contributed by atoms with Crippen molar-refractivity contribution in [3.8, 4) is 5.69 Å². The smallest absolute Gasteiger partial charge is 0.407 e. The molecule has 3 heterocycles. The lowest BCUT2D eigenvalue weighted by atomic mass is 10.2. The lowest BCUT2D eigenvalue weighted by molar-refractivity contribution is 0.0509. The van der Waals surface area contributed by atoms with Crippen LogP contribution in [0.4, 0.5) is 25.0 Å². The summed E-state index contributed by atoms with van der Waals surface area (Å²) in [6.07, 6.45) is 0.122. The maximum Gasteiger partial charge on any atom is 0.407 e. The van der Waals surface area contributed by atoms with E-state index in [-0.39, 0.29) is 17.7 Å². The second kappa shape index (κ2) is 11.7. The molecule has 0 spiro atoms. The van der Waals surface area contributed by atoms with Gasteiger partial charge in [0.1, 0.15) is 28.3 Å². The van der Waals surface area contributed by atoms with Gasteiger partial charge in [-0.25, -0.2) is 18.6 Å². The molecular weight excluding hydrogens is 572 g/mol. The largest absolute Gasteiger partial charge is 0.444 e. The van der Waals surface area contributed by atoms with Crippen molar-refractivity contribution in [1.29, 1.82) is 0 Å². The monoisotopic (exact) mass is 607 g/mol. The van der Waals surface area contributed by atoms with Gasteiger partial charge in [-0.15, -0.1) is 0 Å². The molecule has 4 aromatic rings. The van der Waals surface area contributed by atoms with Crippen LogP contribution in [0.2, 0.25) is 0 Å². The van der Waals surface area contributed by atoms with Gasteiger partial charge in [-0.2, -0.15) is 9.78 Å². The van der Waals surface area contributed by atoms with E-state index in [0.717, 1.165) is 29.5 Å². The molecule has 1 saturated heterocycles. The van der Waals surface area contributed by atoms with E-state index < -0.39 is 40.5 Å². The minimum atomic E-state index is -0.996. The molecule has 13 heteroatoms. The van der Waals surface area contributed by atoms with Crippen LogP contribution in [0.5, 0.6) is 0 Å². The highest BCUT2D eigenvalue weighted by Crippen LogP contribution is 2.37. The van der Waals surface area contributed by atoms with Crippen molar-refractivity contribution in [3.63, 3.8) is 0 Å². The normalized spacial score (nSPS) is 15.2. The summed E-state index contributed by atoms with van der Waals surface area (Å²) in [5.74, 6) is -1.71. The summed E-state index contributed by atoms with van der Waals surface area (Å²) in [7, 11) is 1.93. The fraction of sp³-hybridized carbons (Fsp3) is 0.387. The fourth-order valence-electron chi connectivity index (χ4n) is 5.33. The van der Waals surface area contributed by atoms with Crippen molar-refractivity contribution < 1.29 is 23.1 Å². The van der Waals surface area contributed by atoms with E-state index in [1.807, 2.05) is 36.4 Å². The van der Waals surface area contributed by atoms with Gasteiger partial charge in [-0.1, -0.05) is 19.9 Å². The molecule has 11 nitrogen and oxygen atoms in total. The number of ether oxygens (including phenoxy) is 1. The second-order valence-corrected chi connectivity index (χ2v) is 12.1. The number of alkyl carbamates (subject to hydrolysis) is 1. The highest BCUT2D eigenvalue weighted by Gasteiger charge is 2.30. The highest BCUT2D eigenvalue weighted by molar-refractivity contribution is 6.08. The molecule has 5 rings (SSSR count). The number of halogens is 2. The van der Waals surface area contributed by atoms with Gasteiger partial charge >= 0.3 is 6.09 Å². The number of aromatic nitrogens is 4. The van der Waals surface area contributed by atoms with Crippen LogP contribution >= 0.6 is 0 Å². The summed E-state index contributed by atoms with van der Waals surface area (Å²) < 4.78 is 36.9. The molecule has 1 fully saturated rings. The Morgan fingerprint density at radius 2 is 1.75 bits per heavy atom. The second-order valence-electron chi connectivity index (χ2n) is 12.1. The summed E-state index contributed by atoms with van der Waals surface area (Å²) in [5.41, 5.74) is 0.248. The number of aryl methyl sites for hydroxylation is 1. The molecule has 0 saturated carbocycles. The SMILES string of the molecule is CC(C)c1nc2c(N3CC[C@@H](NC(=O)OC(C)(C)C)C3)c(NC(=O)c3ccc(=O)n(-c4c(F)cccc4F)n3)ccc2n1C. The first-order valence-corrected chi connectivity index (χ1v) is 14.3. The number of hydrogen-bond donors (Lipinski definition) is 2. The molecule has 0 unspecified atom stereocenters. The number of nitrogens with zero attached hydrogens (tertiary/aromatic N) is 5. The first kappa shape index (κ1) is 30.6. The maximum atomic E-state index is 14.5. The summed E-state index contributed by atoms with van der Waals surface area (Å²) in [4.78, 5) is 45.4. The Bertz CT molecular complexity index is 1790. The predicted molar refractivity (Wildman–Crippen MR) is 162 cm³/mol. The molecule has 2 aromatic carbocycles. The van der Waals surface area contributed by atoms with Gasteiger partial charge in [-0.3, -0.25) is 9.59 Å². The molecule has 1 aliphatic rings. The van der Waals surface area contributed by atoms with Crippen LogP contribution in [0.25, 0.3) is 16.7 Å². The van der Waals surface area contributed by atoms with Gasteiger partial charge in [0, 0.05) is 32.1 Å². The van der Waals surface area contributed by atoms with Crippen LogP contribution in [0, 0.1) is 11.6 Å². The van der Waals surface area contributed by atoms with Crippen molar-refractivity contribution in [2.24, 2.45) is 7.05 Å². The zero-order chi connectivity index (χ0) is 31.9. The standard InChI is InChI=1S/C31H35F2N7O4/c1-17(2)28-36-25-23(38(28)6)12-10-21(27(25)39-15-14-18(16-39)34-30(43)44-31(3,4)5)35-29(42)22-11-13-24(41)40(37-22)26-19(32)8-7-9-20(26)33/h7-13,17-18H,14-16H2,1-6H3,(H,34,43)(H,35,42)/t18-/m1/s1. The van der Waals surface area contributed by atoms with E-state index in [4.69, 9.17) is 9.72 Å². The van der Waals surface area contributed by atoms with Crippen LogP contribution in [-0.4, -0.2) is 56.1 Å². The van der Waals surface area contributed by atoms with E-state index >= 15 is 0 Å². The molecule has 2 N–H and O–H groups in total. The van der Waals surface area contributed by atoms with Gasteiger partial charge in [0.15, 0.2) is 11.6 Å². The van der Waals surface area contributed by atoms with E-state index in [2.05, 4.69) is 15.7 Å². The number of imidazole rings is 1. The van der Waals surface area contributed by atoms with Crippen molar-refractivity contribution in [1.82, 2.24) is 24.6 Å². The molecule has 0 aliphatic carbocycles. The highest BCUT2D eigenvalue weighted by atomic mass is 19.1. The molecule has 2 amide bonds. The Balaban J connectivity index is 1.50. The molecule has 2 aromatic heterocycles.